The Labute approximate surface area is 41.9 Å². The Morgan fingerprint density at radius 2 is 2.20 bits per heavy atom. The van der Waals surface area contributed by atoms with Gasteiger partial charge in [0.25, 0.3) is 0 Å². The van der Waals surface area contributed by atoms with Crippen molar-refractivity contribution in [1.82, 2.24) is 0 Å². The third-order valence-electron chi connectivity index (χ3n) is 0.215. The summed E-state index contributed by atoms with van der Waals surface area (Å²) in [6.07, 6.45) is 1.65. The summed E-state index contributed by atoms with van der Waals surface area (Å²) in [5.41, 5.74) is 5.12. The van der Waals surface area contributed by atoms with E-state index >= 15 is 0 Å². The van der Waals surface area contributed by atoms with Gasteiger partial charge >= 0.3 is 41.3 Å². The second-order valence-electron chi connectivity index (χ2n) is 0.650. The first kappa shape index (κ1) is 5.32. The molecule has 0 rings (SSSR count). The maximum absolute atomic E-state index is 5.12. The van der Waals surface area contributed by atoms with Crippen LogP contribution in [0, 0.1) is 0 Å². The van der Waals surface area contributed by atoms with E-state index in [2.05, 4.69) is 24.9 Å². The van der Waals surface area contributed by atoms with E-state index in [0.717, 1.165) is 0 Å². The molecule has 0 bridgehead atoms. The zero-order valence-corrected chi connectivity index (χ0v) is 4.41. The standard InChI is InChI=1S/C3H6N.Rh/c1-2-3-4;/h2-3H,1,4H2;. The number of nitrogens with two attached hydrogens (primary N) is 1. The van der Waals surface area contributed by atoms with Gasteiger partial charge in [-0.05, 0) is 0 Å². The average Bonchev–Trinajstić information content (AvgIpc) is 1.38. The Morgan fingerprint density at radius 1 is 2.00 bits per heavy atom. The fourth-order valence-electron chi connectivity index (χ4n) is 0. The molecule has 0 spiro atoms. The van der Waals surface area contributed by atoms with Gasteiger partial charge in [-0.2, -0.15) is 0 Å². The molecule has 2 N–H and O–H groups in total. The van der Waals surface area contributed by atoms with Gasteiger partial charge in [0.1, 0.15) is 0 Å². The predicted octanol–water partition coefficient (Wildman–Crippen LogP) is 0.00400. The summed E-state index contributed by atoms with van der Waals surface area (Å²) in [7, 11) is 0. The second-order valence-corrected chi connectivity index (χ2v) is 1.74. The molecule has 5 heavy (non-hydrogen) atoms. The first-order valence-corrected chi connectivity index (χ1v) is 2.21. The molecule has 1 atom stereocenters. The van der Waals surface area contributed by atoms with Gasteiger partial charge in [-0.3, -0.25) is 0 Å². The molecule has 1 unspecified atom stereocenters. The normalized spacial score (nSPS) is 14.2. The van der Waals surface area contributed by atoms with Crippen LogP contribution in [0.4, 0.5) is 0 Å². The average molecular weight is 159 g/mol. The van der Waals surface area contributed by atoms with Crippen molar-refractivity contribution in [1.29, 1.82) is 0 Å². The molecule has 0 heterocycles. The number of rotatable bonds is 1. The molecule has 2 heteroatoms. The molecule has 0 aliphatic rings. The monoisotopic (exact) mass is 159 g/mol. The number of hydrogen-bond donors (Lipinski definition) is 1. The topological polar surface area (TPSA) is 26.0 Å². The quantitative estimate of drug-likeness (QED) is 0.423. The molecule has 0 aliphatic heterocycles. The van der Waals surface area contributed by atoms with E-state index in [-0.39, 0.29) is 4.64 Å². The number of hydrogen-bond acceptors (Lipinski definition) is 1. The van der Waals surface area contributed by atoms with Crippen molar-refractivity contribution < 1.29 is 18.3 Å². The van der Waals surface area contributed by atoms with Gasteiger partial charge in [0.2, 0.25) is 0 Å². The van der Waals surface area contributed by atoms with Gasteiger partial charge < -0.3 is 0 Å². The molecular formula is C3H6NRh. The molecular weight excluding hydrogens is 153 g/mol. The van der Waals surface area contributed by atoms with Crippen LogP contribution >= 0.6 is 0 Å². The molecule has 1 nitrogen and oxygen atoms in total. The van der Waals surface area contributed by atoms with Crippen LogP contribution in [0.15, 0.2) is 12.7 Å². The zero-order chi connectivity index (χ0) is 4.28. The molecule has 0 radical (unpaired) electrons. The van der Waals surface area contributed by atoms with Gasteiger partial charge in [-0.1, -0.05) is 0 Å². The zero-order valence-electron chi connectivity index (χ0n) is 2.77. The van der Waals surface area contributed by atoms with Crippen molar-refractivity contribution in [3.8, 4) is 0 Å². The molecule has 0 aromatic rings. The predicted molar refractivity (Wildman–Crippen MR) is 18.2 cm³/mol. The van der Waals surface area contributed by atoms with E-state index in [0.29, 0.717) is 0 Å². The van der Waals surface area contributed by atoms with Gasteiger partial charge in [-0.15, -0.1) is 0 Å². The van der Waals surface area contributed by atoms with Crippen molar-refractivity contribution in [2.75, 3.05) is 0 Å². The summed E-state index contributed by atoms with van der Waals surface area (Å²) in [5.74, 6) is 0. The van der Waals surface area contributed by atoms with E-state index in [1.165, 1.54) is 0 Å². The first-order valence-electron chi connectivity index (χ1n) is 1.27. The molecule has 0 amide bonds. The summed E-state index contributed by atoms with van der Waals surface area (Å²) >= 11 is 2.56. The Morgan fingerprint density at radius 3 is 2.20 bits per heavy atom. The summed E-state index contributed by atoms with van der Waals surface area (Å²) in [4.78, 5) is 0. The Kier molecular flexibility index (Phi) is 2.72. The Balaban J connectivity index is 2.83. The fourth-order valence-corrected chi connectivity index (χ4v) is 0. The van der Waals surface area contributed by atoms with Crippen molar-refractivity contribution in [3.05, 3.63) is 12.7 Å². The summed E-state index contributed by atoms with van der Waals surface area (Å²) < 4.78 is 0.0381. The third kappa shape index (κ3) is 4.32. The minimum absolute atomic E-state index is 0.0381. The van der Waals surface area contributed by atoms with Crippen molar-refractivity contribution in [2.24, 2.45) is 5.73 Å². The second kappa shape index (κ2) is 2.55. The van der Waals surface area contributed by atoms with E-state index in [4.69, 9.17) is 5.73 Å². The van der Waals surface area contributed by atoms with Gasteiger partial charge in [0, 0.05) is 0 Å². The molecule has 0 saturated heterocycles. The molecule has 0 fully saturated rings. The van der Waals surface area contributed by atoms with E-state index in [9.17, 15) is 0 Å². The van der Waals surface area contributed by atoms with E-state index in [1.54, 1.807) is 6.08 Å². The fraction of sp³-hybridized carbons (Fsp3) is 0.333. The van der Waals surface area contributed by atoms with Gasteiger partial charge in [0.15, 0.2) is 0 Å². The first-order chi connectivity index (χ1) is 2.27. The van der Waals surface area contributed by atoms with Crippen LogP contribution in [0.25, 0.3) is 0 Å². The van der Waals surface area contributed by atoms with Gasteiger partial charge in [-0.25, -0.2) is 0 Å². The minimum atomic E-state index is 0.0381. The molecule has 0 aliphatic carbocycles. The summed E-state index contributed by atoms with van der Waals surface area (Å²) in [6.45, 7) is 3.41. The molecule has 0 saturated carbocycles. The van der Waals surface area contributed by atoms with Crippen LogP contribution in [-0.2, 0) is 18.3 Å². The third-order valence-corrected chi connectivity index (χ3v) is 0.601. The molecule has 32 valence electrons. The van der Waals surface area contributed by atoms with Crippen molar-refractivity contribution >= 4 is 0 Å². The molecule has 0 aromatic carbocycles. The SMILES string of the molecule is C=C[CH](N)[Rh]. The van der Waals surface area contributed by atoms with Crippen molar-refractivity contribution in [3.63, 3.8) is 0 Å². The van der Waals surface area contributed by atoms with E-state index in [1.807, 2.05) is 0 Å². The summed E-state index contributed by atoms with van der Waals surface area (Å²) in [6, 6.07) is 0. The van der Waals surface area contributed by atoms with Crippen LogP contribution in [0.5, 0.6) is 0 Å². The Hall–Kier alpha value is 0.323. The molecule has 0 aromatic heterocycles. The van der Waals surface area contributed by atoms with Crippen LogP contribution in [0.2, 0.25) is 0 Å². The summed E-state index contributed by atoms with van der Waals surface area (Å²) in [5, 5.41) is 0. The maximum atomic E-state index is 5.12. The van der Waals surface area contributed by atoms with Gasteiger partial charge in [0.05, 0.1) is 0 Å². The van der Waals surface area contributed by atoms with Crippen LogP contribution in [0.1, 0.15) is 0 Å². The Bertz CT molecular complexity index is 33.9. The van der Waals surface area contributed by atoms with Crippen LogP contribution < -0.4 is 5.73 Å². The van der Waals surface area contributed by atoms with E-state index < -0.39 is 0 Å². The van der Waals surface area contributed by atoms with Crippen LogP contribution in [0.3, 0.4) is 0 Å². The van der Waals surface area contributed by atoms with Crippen LogP contribution in [-0.4, -0.2) is 4.64 Å². The van der Waals surface area contributed by atoms with Crippen molar-refractivity contribution in [2.45, 2.75) is 4.64 Å².